The van der Waals surface area contributed by atoms with Crippen LogP contribution in [0.25, 0.3) is 11.3 Å². The minimum absolute atomic E-state index is 0.305. The number of carbonyl (C=O) groups is 2. The van der Waals surface area contributed by atoms with Crippen LogP contribution in [0, 0.1) is 0 Å². The Morgan fingerprint density at radius 3 is 2.50 bits per heavy atom. The summed E-state index contributed by atoms with van der Waals surface area (Å²) in [6, 6.07) is 15.7. The number of esters is 1. The third-order valence-electron chi connectivity index (χ3n) is 5.34. The summed E-state index contributed by atoms with van der Waals surface area (Å²) in [5, 5.41) is 8.17. The maximum absolute atomic E-state index is 11.7. The van der Waals surface area contributed by atoms with Gasteiger partial charge < -0.3 is 9.84 Å². The summed E-state index contributed by atoms with van der Waals surface area (Å²) >= 11 is 6.25. The number of nitrogens with zero attached hydrogens (tertiary/aromatic N) is 2. The van der Waals surface area contributed by atoms with E-state index in [4.69, 9.17) is 26.2 Å². The van der Waals surface area contributed by atoms with E-state index in [9.17, 15) is 4.79 Å². The zero-order valence-electron chi connectivity index (χ0n) is 18.4. The Bertz CT molecular complexity index is 1090. The Hall–Kier alpha value is -3.12. The van der Waals surface area contributed by atoms with Crippen molar-refractivity contribution in [3.8, 4) is 11.3 Å². The van der Waals surface area contributed by atoms with E-state index in [0.717, 1.165) is 42.6 Å². The molecule has 0 spiro atoms. The van der Waals surface area contributed by atoms with Gasteiger partial charge in [-0.15, -0.1) is 0 Å². The number of carbonyl (C=O) groups excluding carboxylic acids is 1. The number of fused-ring (bicyclic) bond motifs is 1. The zero-order chi connectivity index (χ0) is 23.1. The van der Waals surface area contributed by atoms with Crippen LogP contribution in [0.2, 0.25) is 5.02 Å². The average Bonchev–Trinajstić information content (AvgIpc) is 2.94. The van der Waals surface area contributed by atoms with Crippen molar-refractivity contribution in [2.24, 2.45) is 0 Å². The number of hydrogen-bond donors (Lipinski definition) is 1. The third kappa shape index (κ3) is 5.98. The van der Waals surface area contributed by atoms with Gasteiger partial charge in [0.1, 0.15) is 12.7 Å². The normalized spacial score (nSPS) is 12.7. The largest absolute Gasteiger partial charge is 0.481 e. The van der Waals surface area contributed by atoms with Crippen molar-refractivity contribution in [2.75, 3.05) is 7.11 Å². The number of halogens is 1. The van der Waals surface area contributed by atoms with Gasteiger partial charge >= 0.3 is 5.97 Å². The van der Waals surface area contributed by atoms with Crippen LogP contribution in [0.4, 0.5) is 0 Å². The van der Waals surface area contributed by atoms with Crippen molar-refractivity contribution in [1.29, 1.82) is 0 Å². The maximum Gasteiger partial charge on any atom is 0.337 e. The van der Waals surface area contributed by atoms with E-state index in [-0.39, 0.29) is 5.97 Å². The quantitative estimate of drug-likeness (QED) is 0.455. The third-order valence-corrected chi connectivity index (χ3v) is 5.58. The van der Waals surface area contributed by atoms with Crippen LogP contribution in [-0.2, 0) is 29.0 Å². The summed E-state index contributed by atoms with van der Waals surface area (Å²) in [6.07, 6.45) is 6.97. The molecule has 0 radical (unpaired) electrons. The molecular formula is C25H28ClN2O4+. The highest BCUT2D eigenvalue weighted by molar-refractivity contribution is 6.30. The van der Waals surface area contributed by atoms with Gasteiger partial charge in [-0.2, -0.15) is 0 Å². The van der Waals surface area contributed by atoms with Crippen LogP contribution in [-0.4, -0.2) is 28.7 Å². The Morgan fingerprint density at radius 1 is 1.12 bits per heavy atom. The molecule has 0 aliphatic carbocycles. The predicted octanol–water partition coefficient (Wildman–Crippen LogP) is 4.75. The molecule has 0 amide bonds. The van der Waals surface area contributed by atoms with Crippen molar-refractivity contribution in [3.05, 3.63) is 76.7 Å². The zero-order valence-corrected chi connectivity index (χ0v) is 19.1. The van der Waals surface area contributed by atoms with Gasteiger partial charge in [0.25, 0.3) is 11.8 Å². The van der Waals surface area contributed by atoms with E-state index in [2.05, 4.69) is 21.4 Å². The lowest BCUT2D eigenvalue weighted by Crippen LogP contribution is -2.37. The first kappa shape index (κ1) is 23.5. The molecule has 1 N–H and O–H groups in total. The van der Waals surface area contributed by atoms with Crippen molar-refractivity contribution in [2.45, 2.75) is 45.7 Å². The number of aromatic nitrogens is 2. The number of imidazole rings is 1. The molecule has 32 heavy (non-hydrogen) atoms. The molecule has 0 fully saturated rings. The minimum atomic E-state index is -0.833. The van der Waals surface area contributed by atoms with Crippen molar-refractivity contribution in [1.82, 2.24) is 4.57 Å². The number of ether oxygens (including phenoxy) is 1. The monoisotopic (exact) mass is 455 g/mol. The number of rotatable bonds is 4. The first-order chi connectivity index (χ1) is 15.4. The summed E-state index contributed by atoms with van der Waals surface area (Å²) in [4.78, 5) is 20.7. The van der Waals surface area contributed by atoms with Crippen molar-refractivity contribution < 1.29 is 24.0 Å². The van der Waals surface area contributed by atoms with E-state index in [1.165, 1.54) is 37.9 Å². The Labute approximate surface area is 193 Å². The molecule has 3 aromatic rings. The molecule has 2 aromatic carbocycles. The van der Waals surface area contributed by atoms with Crippen molar-refractivity contribution >= 4 is 23.5 Å². The molecule has 2 heterocycles. The number of benzene rings is 2. The SMILES string of the molecule is CC(=O)O.COC(=O)c1ccc(C[n+]2cc(-c3cccc(Cl)c3)n3c2CCCCC3)cc1. The molecule has 0 saturated heterocycles. The fraction of sp³-hybridized carbons (Fsp3) is 0.320. The van der Waals surface area contributed by atoms with Crippen LogP contribution in [0.5, 0.6) is 0 Å². The number of carboxylic acid groups (broad SMARTS) is 1. The van der Waals surface area contributed by atoms with Gasteiger partial charge in [-0.05, 0) is 49.1 Å². The van der Waals surface area contributed by atoms with E-state index < -0.39 is 5.97 Å². The van der Waals surface area contributed by atoms with Crippen LogP contribution < -0.4 is 4.57 Å². The van der Waals surface area contributed by atoms with Gasteiger partial charge in [0.2, 0.25) is 0 Å². The minimum Gasteiger partial charge on any atom is -0.481 e. The first-order valence-corrected chi connectivity index (χ1v) is 11.0. The lowest BCUT2D eigenvalue weighted by Gasteiger charge is -2.04. The number of aliphatic carboxylic acids is 1. The summed E-state index contributed by atoms with van der Waals surface area (Å²) in [5.74, 6) is 0.213. The smallest absolute Gasteiger partial charge is 0.337 e. The molecule has 1 aliphatic rings. The van der Waals surface area contributed by atoms with E-state index in [1.807, 2.05) is 42.5 Å². The van der Waals surface area contributed by atoms with Crippen LogP contribution in [0.3, 0.4) is 0 Å². The van der Waals surface area contributed by atoms with Crippen LogP contribution in [0.15, 0.2) is 54.7 Å². The van der Waals surface area contributed by atoms with Gasteiger partial charge in [0, 0.05) is 23.9 Å². The molecule has 1 aromatic heterocycles. The molecule has 1 aliphatic heterocycles. The van der Waals surface area contributed by atoms with Gasteiger partial charge in [-0.3, -0.25) is 4.79 Å². The topological polar surface area (TPSA) is 72.4 Å². The van der Waals surface area contributed by atoms with Crippen LogP contribution in [0.1, 0.15) is 47.9 Å². The average molecular weight is 456 g/mol. The Kier molecular flexibility index (Phi) is 8.06. The highest BCUT2D eigenvalue weighted by Crippen LogP contribution is 2.26. The molecule has 0 atom stereocenters. The van der Waals surface area contributed by atoms with Crippen LogP contribution >= 0.6 is 11.6 Å². The molecule has 6 nitrogen and oxygen atoms in total. The lowest BCUT2D eigenvalue weighted by molar-refractivity contribution is -0.695. The molecule has 4 rings (SSSR count). The lowest BCUT2D eigenvalue weighted by atomic mass is 10.1. The Morgan fingerprint density at radius 2 is 1.84 bits per heavy atom. The molecule has 7 heteroatoms. The molecular weight excluding hydrogens is 428 g/mol. The van der Waals surface area contributed by atoms with E-state index in [0.29, 0.717) is 5.56 Å². The molecule has 168 valence electrons. The number of methoxy groups -OCH3 is 1. The number of carboxylic acids is 1. The van der Waals surface area contributed by atoms with E-state index in [1.54, 1.807) is 0 Å². The first-order valence-electron chi connectivity index (χ1n) is 10.6. The Balaban J connectivity index is 0.000000668. The van der Waals surface area contributed by atoms with E-state index >= 15 is 0 Å². The van der Waals surface area contributed by atoms with Crippen molar-refractivity contribution in [3.63, 3.8) is 0 Å². The second-order valence-electron chi connectivity index (χ2n) is 7.74. The summed E-state index contributed by atoms with van der Waals surface area (Å²) in [7, 11) is 1.40. The van der Waals surface area contributed by atoms with Gasteiger partial charge in [-0.25, -0.2) is 13.9 Å². The molecule has 0 unspecified atom stereocenters. The summed E-state index contributed by atoms with van der Waals surface area (Å²) in [5.41, 5.74) is 4.10. The highest BCUT2D eigenvalue weighted by Gasteiger charge is 2.26. The predicted molar refractivity (Wildman–Crippen MR) is 123 cm³/mol. The maximum atomic E-state index is 11.7. The molecule has 0 bridgehead atoms. The van der Waals surface area contributed by atoms with Gasteiger partial charge in [0.05, 0.1) is 19.2 Å². The fourth-order valence-corrected chi connectivity index (χ4v) is 4.11. The summed E-state index contributed by atoms with van der Waals surface area (Å²) in [6.45, 7) is 2.89. The second-order valence-corrected chi connectivity index (χ2v) is 8.18. The number of hydrogen-bond acceptors (Lipinski definition) is 3. The standard InChI is InChI=1S/C23H24ClN2O2.C2H4O2/c1-28-23(27)18-11-9-17(10-12-18)15-25-16-21(19-6-5-7-20(24)14-19)26-13-4-2-3-8-22(25)26;1-2(3)4/h5-7,9-12,14,16H,2-4,8,13,15H2,1H3;1H3,(H,3,4)/q+1;. The second kappa shape index (κ2) is 11.0. The molecule has 0 saturated carbocycles. The van der Waals surface area contributed by atoms with Gasteiger partial charge in [-0.1, -0.05) is 35.9 Å². The van der Waals surface area contributed by atoms with Gasteiger partial charge in [0.15, 0.2) is 5.69 Å². The highest BCUT2D eigenvalue weighted by atomic mass is 35.5. The fourth-order valence-electron chi connectivity index (χ4n) is 3.92. The summed E-state index contributed by atoms with van der Waals surface area (Å²) < 4.78 is 9.57.